The minimum Gasteiger partial charge on any atom is -0.294 e. The normalized spacial score (nSPS) is 11.3. The van der Waals surface area contributed by atoms with Gasteiger partial charge in [-0.3, -0.25) is 14.1 Å². The lowest BCUT2D eigenvalue weighted by molar-refractivity contribution is 1.01. The van der Waals surface area contributed by atoms with Gasteiger partial charge in [-0.15, -0.1) is 0 Å². The molecule has 0 saturated carbocycles. The monoisotopic (exact) mass is 460 g/mol. The molecule has 6 nitrogen and oxygen atoms in total. The average molecular weight is 461 g/mol. The molecule has 0 unspecified atom stereocenters. The highest BCUT2D eigenvalue weighted by Crippen LogP contribution is 2.34. The Hall–Kier alpha value is -5.46. The fourth-order valence-electron chi connectivity index (χ4n) is 5.13. The van der Waals surface area contributed by atoms with Crippen molar-refractivity contribution in [3.63, 3.8) is 0 Å². The van der Waals surface area contributed by atoms with Gasteiger partial charge in [0.1, 0.15) is 11.6 Å². The van der Waals surface area contributed by atoms with E-state index in [0.29, 0.717) is 11.1 Å². The quantitative estimate of drug-likeness (QED) is 0.298. The summed E-state index contributed by atoms with van der Waals surface area (Å²) in [6.07, 6.45) is 3.69. The maximum Gasteiger partial charge on any atom is 0.140 e. The number of hydrogen-bond donors (Lipinski definition) is 0. The van der Waals surface area contributed by atoms with Gasteiger partial charge in [0.2, 0.25) is 0 Å². The molecule has 0 radical (unpaired) electrons. The number of para-hydroxylation sites is 1. The number of fused-ring (bicyclic) bond motifs is 6. The van der Waals surface area contributed by atoms with Crippen LogP contribution in [0.3, 0.4) is 0 Å². The van der Waals surface area contributed by atoms with Crippen LogP contribution in [0.5, 0.6) is 0 Å². The van der Waals surface area contributed by atoms with Crippen LogP contribution in [0.25, 0.3) is 55.2 Å². The molecule has 4 aromatic heterocycles. The summed E-state index contributed by atoms with van der Waals surface area (Å²) in [7, 11) is 0. The molecule has 0 amide bonds. The molecular weight excluding hydrogens is 444 g/mol. The van der Waals surface area contributed by atoms with Gasteiger partial charge in [0, 0.05) is 33.9 Å². The van der Waals surface area contributed by atoms with Crippen molar-refractivity contribution in [2.75, 3.05) is 0 Å². The van der Waals surface area contributed by atoms with Gasteiger partial charge >= 0.3 is 0 Å². The molecule has 0 aliphatic carbocycles. The van der Waals surface area contributed by atoms with E-state index in [2.05, 4.69) is 38.4 Å². The number of hydrogen-bond acceptors (Lipinski definition) is 4. The predicted octanol–water partition coefficient (Wildman–Crippen LogP) is 6.41. The van der Waals surface area contributed by atoms with Crippen LogP contribution in [-0.2, 0) is 0 Å². The number of pyridine rings is 2. The van der Waals surface area contributed by atoms with Gasteiger partial charge in [0.25, 0.3) is 0 Å². The predicted molar refractivity (Wildman–Crippen MR) is 140 cm³/mol. The highest BCUT2D eigenvalue weighted by atomic mass is 15.1. The first-order valence-electron chi connectivity index (χ1n) is 11.5. The Kier molecular flexibility index (Phi) is 4.17. The number of aromatic nitrogens is 4. The van der Waals surface area contributed by atoms with Crippen molar-refractivity contribution in [1.82, 2.24) is 19.1 Å². The first-order valence-corrected chi connectivity index (χ1v) is 11.5. The molecule has 0 N–H and O–H groups in total. The summed E-state index contributed by atoms with van der Waals surface area (Å²) < 4.78 is 4.25. The third-order valence-corrected chi connectivity index (χ3v) is 6.68. The molecule has 0 atom stereocenters. The Bertz CT molecular complexity index is 1960. The molecule has 7 rings (SSSR count). The Morgan fingerprint density at radius 1 is 0.556 bits per heavy atom. The van der Waals surface area contributed by atoms with Crippen molar-refractivity contribution in [1.29, 1.82) is 10.5 Å². The van der Waals surface area contributed by atoms with Crippen LogP contribution < -0.4 is 0 Å². The summed E-state index contributed by atoms with van der Waals surface area (Å²) in [6.45, 7) is 0. The summed E-state index contributed by atoms with van der Waals surface area (Å²) in [4.78, 5) is 9.46. The van der Waals surface area contributed by atoms with E-state index in [1.54, 1.807) is 6.20 Å². The van der Waals surface area contributed by atoms with Crippen LogP contribution in [0.2, 0.25) is 0 Å². The third-order valence-electron chi connectivity index (χ3n) is 6.68. The summed E-state index contributed by atoms with van der Waals surface area (Å²) in [5.74, 6) is 1.55. The molecule has 36 heavy (non-hydrogen) atoms. The zero-order chi connectivity index (χ0) is 24.2. The Morgan fingerprint density at radius 3 is 1.78 bits per heavy atom. The Labute approximate surface area is 205 Å². The van der Waals surface area contributed by atoms with E-state index in [4.69, 9.17) is 4.98 Å². The van der Waals surface area contributed by atoms with Crippen LogP contribution in [0, 0.1) is 22.7 Å². The second kappa shape index (κ2) is 7.53. The zero-order valence-corrected chi connectivity index (χ0v) is 18.9. The number of benzene rings is 3. The van der Waals surface area contributed by atoms with Crippen LogP contribution in [0.15, 0.2) is 97.3 Å². The molecule has 0 bridgehead atoms. The van der Waals surface area contributed by atoms with Crippen molar-refractivity contribution in [3.8, 4) is 23.8 Å². The van der Waals surface area contributed by atoms with E-state index in [1.807, 2.05) is 79.0 Å². The van der Waals surface area contributed by atoms with E-state index in [1.165, 1.54) is 0 Å². The van der Waals surface area contributed by atoms with Crippen molar-refractivity contribution in [2.45, 2.75) is 0 Å². The minimum atomic E-state index is 0.574. The van der Waals surface area contributed by atoms with Crippen molar-refractivity contribution in [2.24, 2.45) is 0 Å². The SMILES string of the molecule is N#Cc1ccc2c(c1)c1cc(C#N)ccc1n2-c1cccc(-n2c3ccccc3c3cnccc32)n1. The smallest absolute Gasteiger partial charge is 0.140 e. The molecule has 7 aromatic rings. The van der Waals surface area contributed by atoms with Gasteiger partial charge < -0.3 is 0 Å². The standard InChI is InChI=1S/C30H16N6/c31-16-19-8-10-26-22(14-19)23-15-20(17-32)9-11-27(23)36(26)30-7-3-6-29(34-30)35-25-5-2-1-4-21(25)24-18-33-13-12-28(24)35/h1-15,18H. The largest absolute Gasteiger partial charge is 0.294 e. The molecule has 0 aliphatic rings. The summed E-state index contributed by atoms with van der Waals surface area (Å²) in [5.41, 5.74) is 5.10. The lowest BCUT2D eigenvalue weighted by Gasteiger charge is -2.11. The van der Waals surface area contributed by atoms with Gasteiger partial charge in [-0.1, -0.05) is 24.3 Å². The Balaban J connectivity index is 1.54. The van der Waals surface area contributed by atoms with Gasteiger partial charge in [0.15, 0.2) is 0 Å². The minimum absolute atomic E-state index is 0.574. The summed E-state index contributed by atoms with van der Waals surface area (Å²) >= 11 is 0. The molecule has 0 saturated heterocycles. The maximum absolute atomic E-state index is 9.48. The number of nitrogens with zero attached hydrogens (tertiary/aromatic N) is 6. The number of rotatable bonds is 2. The van der Waals surface area contributed by atoms with Crippen LogP contribution in [-0.4, -0.2) is 19.1 Å². The van der Waals surface area contributed by atoms with Crippen molar-refractivity contribution < 1.29 is 0 Å². The molecule has 0 aliphatic heterocycles. The van der Waals surface area contributed by atoms with E-state index < -0.39 is 0 Å². The van der Waals surface area contributed by atoms with Gasteiger partial charge in [-0.05, 0) is 60.7 Å². The molecule has 4 heterocycles. The fourth-order valence-corrected chi connectivity index (χ4v) is 5.13. The number of nitriles is 2. The third kappa shape index (κ3) is 2.76. The summed E-state index contributed by atoms with van der Waals surface area (Å²) in [5, 5.41) is 23.0. The molecule has 6 heteroatoms. The second-order valence-electron chi connectivity index (χ2n) is 8.62. The van der Waals surface area contributed by atoms with E-state index in [-0.39, 0.29) is 0 Å². The van der Waals surface area contributed by atoms with Gasteiger partial charge in [-0.2, -0.15) is 10.5 Å². The van der Waals surface area contributed by atoms with Crippen molar-refractivity contribution >= 4 is 43.6 Å². The molecule has 0 fully saturated rings. The highest BCUT2D eigenvalue weighted by molar-refractivity contribution is 6.10. The van der Waals surface area contributed by atoms with E-state index in [0.717, 1.165) is 55.2 Å². The topological polar surface area (TPSA) is 83.2 Å². The van der Waals surface area contributed by atoms with Crippen LogP contribution in [0.4, 0.5) is 0 Å². The Morgan fingerprint density at radius 2 is 1.14 bits per heavy atom. The van der Waals surface area contributed by atoms with Crippen molar-refractivity contribution in [3.05, 3.63) is 108 Å². The van der Waals surface area contributed by atoms with Crippen LogP contribution in [0.1, 0.15) is 11.1 Å². The lowest BCUT2D eigenvalue weighted by atomic mass is 10.1. The first kappa shape index (κ1) is 20.0. The molecular formula is C30H16N6. The fraction of sp³-hybridized carbons (Fsp3) is 0. The lowest BCUT2D eigenvalue weighted by Crippen LogP contribution is -2.03. The summed E-state index contributed by atoms with van der Waals surface area (Å²) in [6, 6.07) is 32.0. The highest BCUT2D eigenvalue weighted by Gasteiger charge is 2.17. The maximum atomic E-state index is 9.48. The van der Waals surface area contributed by atoms with Gasteiger partial charge in [0.05, 0.1) is 45.3 Å². The molecule has 3 aromatic carbocycles. The van der Waals surface area contributed by atoms with E-state index in [9.17, 15) is 10.5 Å². The average Bonchev–Trinajstić information content (AvgIpc) is 3.45. The van der Waals surface area contributed by atoms with E-state index >= 15 is 0 Å². The zero-order valence-electron chi connectivity index (χ0n) is 18.9. The first-order chi connectivity index (χ1) is 17.8. The second-order valence-corrected chi connectivity index (χ2v) is 8.62. The van der Waals surface area contributed by atoms with Gasteiger partial charge in [-0.25, -0.2) is 4.98 Å². The molecule has 0 spiro atoms. The molecule has 166 valence electrons. The van der Waals surface area contributed by atoms with Crippen LogP contribution >= 0.6 is 0 Å².